The van der Waals surface area contributed by atoms with Crippen molar-refractivity contribution < 1.29 is 0 Å². The largest absolute Gasteiger partial charge is 0.351 e. The molecule has 0 aliphatic heterocycles. The molecule has 4 heteroatoms. The molecular formula is C17H24N4. The average Bonchev–Trinajstić information content (AvgIpc) is 2.54. The van der Waals surface area contributed by atoms with Crippen molar-refractivity contribution in [2.45, 2.75) is 33.4 Å². The van der Waals surface area contributed by atoms with Gasteiger partial charge in [-0.2, -0.15) is 0 Å². The Hall–Kier alpha value is -1.94. The second kappa shape index (κ2) is 7.74. The van der Waals surface area contributed by atoms with Crippen LogP contribution in [-0.2, 0) is 6.54 Å². The topological polar surface area (TPSA) is 41.1 Å². The van der Waals surface area contributed by atoms with Gasteiger partial charge in [0.1, 0.15) is 5.82 Å². The third-order valence-corrected chi connectivity index (χ3v) is 3.55. The summed E-state index contributed by atoms with van der Waals surface area (Å²) >= 11 is 0. The fourth-order valence-electron chi connectivity index (χ4n) is 2.45. The van der Waals surface area contributed by atoms with Crippen LogP contribution in [0.15, 0.2) is 42.7 Å². The minimum Gasteiger partial charge on any atom is -0.351 e. The maximum atomic E-state index is 4.61. The predicted molar refractivity (Wildman–Crippen MR) is 87.3 cm³/mol. The lowest BCUT2D eigenvalue weighted by Gasteiger charge is -2.26. The predicted octanol–water partition coefficient (Wildman–Crippen LogP) is 3.17. The van der Waals surface area contributed by atoms with Crippen molar-refractivity contribution in [1.29, 1.82) is 0 Å². The molecule has 0 saturated heterocycles. The van der Waals surface area contributed by atoms with Gasteiger partial charge in [0, 0.05) is 30.5 Å². The van der Waals surface area contributed by atoms with Crippen LogP contribution in [0, 0.1) is 0 Å². The zero-order valence-corrected chi connectivity index (χ0v) is 13.1. The van der Waals surface area contributed by atoms with Crippen molar-refractivity contribution in [3.05, 3.63) is 54.0 Å². The van der Waals surface area contributed by atoms with E-state index < -0.39 is 0 Å². The Morgan fingerprint density at radius 2 is 1.90 bits per heavy atom. The van der Waals surface area contributed by atoms with E-state index in [9.17, 15) is 0 Å². The van der Waals surface area contributed by atoms with Gasteiger partial charge in [-0.05, 0) is 38.6 Å². The fourth-order valence-corrected chi connectivity index (χ4v) is 2.45. The van der Waals surface area contributed by atoms with Gasteiger partial charge in [-0.25, -0.2) is 4.98 Å². The first-order chi connectivity index (χ1) is 10.3. The summed E-state index contributed by atoms with van der Waals surface area (Å²) in [7, 11) is 0. The fraction of sp³-hybridized carbons (Fsp3) is 0.412. The molecule has 0 aromatic carbocycles. The summed E-state index contributed by atoms with van der Waals surface area (Å²) in [6, 6.07) is 10.5. The first kappa shape index (κ1) is 15.4. The molecule has 0 radical (unpaired) electrons. The van der Waals surface area contributed by atoms with Crippen LogP contribution in [0.2, 0.25) is 0 Å². The van der Waals surface area contributed by atoms with E-state index in [0.29, 0.717) is 0 Å². The van der Waals surface area contributed by atoms with Crippen LogP contribution < -0.4 is 10.2 Å². The number of hydrogen-bond acceptors (Lipinski definition) is 4. The summed E-state index contributed by atoms with van der Waals surface area (Å²) in [5.41, 5.74) is 2.30. The highest BCUT2D eigenvalue weighted by atomic mass is 15.2. The number of pyridine rings is 2. The molecule has 4 nitrogen and oxygen atoms in total. The minimum absolute atomic E-state index is 0.288. The number of rotatable bonds is 7. The van der Waals surface area contributed by atoms with Crippen LogP contribution in [0.3, 0.4) is 0 Å². The number of nitrogens with zero attached hydrogens (tertiary/aromatic N) is 3. The summed E-state index contributed by atoms with van der Waals surface area (Å²) in [6.07, 6.45) is 3.70. The van der Waals surface area contributed by atoms with Gasteiger partial charge in [0.05, 0.1) is 12.2 Å². The summed E-state index contributed by atoms with van der Waals surface area (Å²) in [6.45, 7) is 9.08. The molecule has 0 aliphatic rings. The van der Waals surface area contributed by atoms with Crippen molar-refractivity contribution in [3.63, 3.8) is 0 Å². The van der Waals surface area contributed by atoms with Crippen molar-refractivity contribution in [2.24, 2.45) is 0 Å². The molecule has 21 heavy (non-hydrogen) atoms. The lowest BCUT2D eigenvalue weighted by atomic mass is 10.1. The van der Waals surface area contributed by atoms with E-state index in [4.69, 9.17) is 0 Å². The molecule has 2 rings (SSSR count). The van der Waals surface area contributed by atoms with Gasteiger partial charge >= 0.3 is 0 Å². The SMILES string of the molecule is CCNC(C)c1cccnc1N(CC)Cc1ccccn1. The van der Waals surface area contributed by atoms with Crippen LogP contribution in [0.1, 0.15) is 38.1 Å². The summed E-state index contributed by atoms with van der Waals surface area (Å²) < 4.78 is 0. The number of nitrogens with one attached hydrogen (secondary N) is 1. The first-order valence-corrected chi connectivity index (χ1v) is 7.59. The molecular weight excluding hydrogens is 260 g/mol. The molecule has 0 amide bonds. The van der Waals surface area contributed by atoms with Crippen LogP contribution in [-0.4, -0.2) is 23.1 Å². The Morgan fingerprint density at radius 1 is 1.10 bits per heavy atom. The van der Waals surface area contributed by atoms with Crippen LogP contribution in [0.5, 0.6) is 0 Å². The van der Waals surface area contributed by atoms with Crippen LogP contribution >= 0.6 is 0 Å². The van der Waals surface area contributed by atoms with E-state index in [-0.39, 0.29) is 6.04 Å². The number of anilines is 1. The van der Waals surface area contributed by atoms with Gasteiger partial charge < -0.3 is 10.2 Å². The minimum atomic E-state index is 0.288. The van der Waals surface area contributed by atoms with Crippen molar-refractivity contribution in [2.75, 3.05) is 18.0 Å². The van der Waals surface area contributed by atoms with Crippen LogP contribution in [0.4, 0.5) is 5.82 Å². The molecule has 1 atom stereocenters. The standard InChI is InChI=1S/C17H24N4/c1-4-18-14(3)16-10-8-12-20-17(16)21(5-2)13-15-9-6-7-11-19-15/h6-12,14,18H,4-5,13H2,1-3H3. The maximum absolute atomic E-state index is 4.61. The second-order valence-electron chi connectivity index (χ2n) is 5.03. The Bertz CT molecular complexity index is 541. The Kier molecular flexibility index (Phi) is 5.69. The maximum Gasteiger partial charge on any atom is 0.133 e. The van der Waals surface area contributed by atoms with E-state index in [1.807, 2.05) is 30.6 Å². The van der Waals surface area contributed by atoms with E-state index >= 15 is 0 Å². The van der Waals surface area contributed by atoms with Crippen LogP contribution in [0.25, 0.3) is 0 Å². The highest BCUT2D eigenvalue weighted by molar-refractivity contribution is 5.48. The van der Waals surface area contributed by atoms with E-state index in [0.717, 1.165) is 31.1 Å². The van der Waals surface area contributed by atoms with Crippen molar-refractivity contribution in [1.82, 2.24) is 15.3 Å². The van der Waals surface area contributed by atoms with E-state index in [2.05, 4.69) is 53.1 Å². The lowest BCUT2D eigenvalue weighted by Crippen LogP contribution is -2.27. The Balaban J connectivity index is 2.25. The highest BCUT2D eigenvalue weighted by Crippen LogP contribution is 2.24. The zero-order valence-electron chi connectivity index (χ0n) is 13.1. The van der Waals surface area contributed by atoms with E-state index in [1.54, 1.807) is 0 Å². The van der Waals surface area contributed by atoms with Gasteiger partial charge in [-0.15, -0.1) is 0 Å². The number of hydrogen-bond donors (Lipinski definition) is 1. The molecule has 0 bridgehead atoms. The molecule has 0 fully saturated rings. The van der Waals surface area contributed by atoms with Crippen molar-refractivity contribution >= 4 is 5.82 Å². The lowest BCUT2D eigenvalue weighted by molar-refractivity contribution is 0.592. The molecule has 2 aromatic rings. The molecule has 0 aliphatic carbocycles. The zero-order chi connectivity index (χ0) is 15.1. The monoisotopic (exact) mass is 284 g/mol. The molecule has 112 valence electrons. The molecule has 1 N–H and O–H groups in total. The highest BCUT2D eigenvalue weighted by Gasteiger charge is 2.15. The third-order valence-electron chi connectivity index (χ3n) is 3.55. The molecule has 0 spiro atoms. The Labute approximate surface area is 127 Å². The molecule has 1 unspecified atom stereocenters. The van der Waals surface area contributed by atoms with Gasteiger partial charge in [0.2, 0.25) is 0 Å². The molecule has 2 aromatic heterocycles. The van der Waals surface area contributed by atoms with Gasteiger partial charge in [0.25, 0.3) is 0 Å². The second-order valence-corrected chi connectivity index (χ2v) is 5.03. The summed E-state index contributed by atoms with van der Waals surface area (Å²) in [5.74, 6) is 1.04. The van der Waals surface area contributed by atoms with Gasteiger partial charge in [0.15, 0.2) is 0 Å². The number of aromatic nitrogens is 2. The first-order valence-electron chi connectivity index (χ1n) is 7.59. The summed E-state index contributed by atoms with van der Waals surface area (Å²) in [4.78, 5) is 11.3. The molecule has 0 saturated carbocycles. The quantitative estimate of drug-likeness (QED) is 0.848. The summed E-state index contributed by atoms with van der Waals surface area (Å²) in [5, 5.41) is 3.46. The van der Waals surface area contributed by atoms with Crippen molar-refractivity contribution in [3.8, 4) is 0 Å². The normalized spacial score (nSPS) is 12.1. The smallest absolute Gasteiger partial charge is 0.133 e. The van der Waals surface area contributed by atoms with Gasteiger partial charge in [-0.3, -0.25) is 4.98 Å². The molecule has 2 heterocycles. The van der Waals surface area contributed by atoms with E-state index in [1.165, 1.54) is 5.56 Å². The Morgan fingerprint density at radius 3 is 2.57 bits per heavy atom. The third kappa shape index (κ3) is 4.02. The van der Waals surface area contributed by atoms with Gasteiger partial charge in [-0.1, -0.05) is 19.1 Å². The average molecular weight is 284 g/mol.